The third kappa shape index (κ3) is 7.30. The van der Waals surface area contributed by atoms with Gasteiger partial charge >= 0.3 is 0 Å². The molecule has 2 N–H and O–H groups in total. The number of rotatable bonds is 9. The van der Waals surface area contributed by atoms with Crippen molar-refractivity contribution in [2.75, 3.05) is 20.3 Å². The van der Waals surface area contributed by atoms with Crippen LogP contribution in [-0.4, -0.2) is 31.6 Å². The lowest BCUT2D eigenvalue weighted by Gasteiger charge is -2.16. The Labute approximate surface area is 87.8 Å². The normalized spacial score (nSPS) is 13.5. The summed E-state index contributed by atoms with van der Waals surface area (Å²) in [5.41, 5.74) is 0. The molecule has 14 heavy (non-hydrogen) atoms. The molecule has 0 radical (unpaired) electrons. The van der Waals surface area contributed by atoms with Gasteiger partial charge in [0.2, 0.25) is 0 Å². The molecule has 0 amide bonds. The number of aliphatic hydroxyl groups excluding tert-OH is 1. The minimum absolute atomic E-state index is 0.370. The first-order chi connectivity index (χ1) is 6.74. The van der Waals surface area contributed by atoms with Gasteiger partial charge in [-0.3, -0.25) is 5.32 Å². The van der Waals surface area contributed by atoms with Gasteiger partial charge < -0.3 is 9.84 Å². The molecule has 0 saturated carbocycles. The predicted octanol–water partition coefficient (Wildman–Crippen LogP) is 1.76. The maximum Gasteiger partial charge on any atom is 0.104 e. The number of hydrogen-bond acceptors (Lipinski definition) is 3. The van der Waals surface area contributed by atoms with Crippen LogP contribution < -0.4 is 5.32 Å². The summed E-state index contributed by atoms with van der Waals surface area (Å²) in [6.07, 6.45) is 4.00. The van der Waals surface area contributed by atoms with E-state index < -0.39 is 0 Å². The summed E-state index contributed by atoms with van der Waals surface area (Å²) in [7, 11) is 1.66. The van der Waals surface area contributed by atoms with Crippen molar-refractivity contribution in [3.8, 4) is 0 Å². The zero-order valence-electron chi connectivity index (χ0n) is 9.75. The lowest BCUT2D eigenvalue weighted by atomic mass is 9.97. The van der Waals surface area contributed by atoms with Gasteiger partial charge in [0.1, 0.15) is 6.23 Å². The number of aliphatic hydroxyl groups is 1. The summed E-state index contributed by atoms with van der Waals surface area (Å²) in [6, 6.07) is 0. The Morgan fingerprint density at radius 3 is 2.36 bits per heavy atom. The van der Waals surface area contributed by atoms with Crippen molar-refractivity contribution in [2.24, 2.45) is 5.92 Å². The van der Waals surface area contributed by atoms with Crippen LogP contribution in [0.25, 0.3) is 0 Å². The highest BCUT2D eigenvalue weighted by Gasteiger charge is 2.07. The minimum Gasteiger partial charge on any atom is -0.383 e. The van der Waals surface area contributed by atoms with E-state index in [2.05, 4.69) is 19.2 Å². The van der Waals surface area contributed by atoms with Crippen molar-refractivity contribution >= 4 is 0 Å². The molecule has 1 unspecified atom stereocenters. The summed E-state index contributed by atoms with van der Waals surface area (Å²) in [6.45, 7) is 5.79. The smallest absolute Gasteiger partial charge is 0.104 e. The monoisotopic (exact) mass is 203 g/mol. The predicted molar refractivity (Wildman–Crippen MR) is 59.2 cm³/mol. The Hall–Kier alpha value is -0.120. The lowest BCUT2D eigenvalue weighted by Crippen LogP contribution is -2.31. The average molecular weight is 203 g/mol. The maximum absolute atomic E-state index is 9.55. The van der Waals surface area contributed by atoms with Gasteiger partial charge in [-0.25, -0.2) is 0 Å². The second kappa shape index (κ2) is 9.44. The van der Waals surface area contributed by atoms with Crippen molar-refractivity contribution in [3.63, 3.8) is 0 Å². The molecule has 0 aromatic heterocycles. The summed E-state index contributed by atoms with van der Waals surface area (Å²) >= 11 is 0. The van der Waals surface area contributed by atoms with Crippen LogP contribution in [0, 0.1) is 5.92 Å². The van der Waals surface area contributed by atoms with Gasteiger partial charge in [-0.15, -0.1) is 0 Å². The van der Waals surface area contributed by atoms with Crippen molar-refractivity contribution in [1.29, 1.82) is 0 Å². The van der Waals surface area contributed by atoms with Crippen molar-refractivity contribution in [1.82, 2.24) is 5.32 Å². The van der Waals surface area contributed by atoms with E-state index in [0.717, 1.165) is 25.3 Å². The molecule has 0 aliphatic carbocycles. The second-order valence-electron chi connectivity index (χ2n) is 3.72. The molecular formula is C11H25NO2. The second-order valence-corrected chi connectivity index (χ2v) is 3.72. The van der Waals surface area contributed by atoms with E-state index in [1.54, 1.807) is 7.11 Å². The van der Waals surface area contributed by atoms with Crippen LogP contribution in [0.3, 0.4) is 0 Å². The maximum atomic E-state index is 9.55. The third-order valence-electron chi connectivity index (χ3n) is 2.69. The highest BCUT2D eigenvalue weighted by Crippen LogP contribution is 2.15. The fraction of sp³-hybridized carbons (Fsp3) is 1.00. The van der Waals surface area contributed by atoms with Gasteiger partial charge in [0.15, 0.2) is 0 Å². The molecule has 0 aliphatic heterocycles. The first-order valence-corrected chi connectivity index (χ1v) is 5.64. The summed E-state index contributed by atoms with van der Waals surface area (Å²) in [5.74, 6) is 0.758. The molecule has 3 heteroatoms. The van der Waals surface area contributed by atoms with Crippen LogP contribution in [0.1, 0.15) is 39.5 Å². The standard InChI is InChI=1S/C11H25NO2/c1-4-10(5-2)6-7-11(13)12-8-9-14-3/h10-13H,4-9H2,1-3H3. The molecule has 0 aromatic carbocycles. The van der Waals surface area contributed by atoms with Gasteiger partial charge in [0.05, 0.1) is 6.61 Å². The van der Waals surface area contributed by atoms with E-state index in [9.17, 15) is 5.11 Å². The first kappa shape index (κ1) is 13.9. The van der Waals surface area contributed by atoms with E-state index >= 15 is 0 Å². The molecule has 0 aromatic rings. The van der Waals surface area contributed by atoms with Crippen LogP contribution in [0.5, 0.6) is 0 Å². The minimum atomic E-state index is -0.370. The van der Waals surface area contributed by atoms with Crippen molar-refractivity contribution in [3.05, 3.63) is 0 Å². The number of nitrogens with one attached hydrogen (secondary N) is 1. The fourth-order valence-corrected chi connectivity index (χ4v) is 1.52. The van der Waals surface area contributed by atoms with Gasteiger partial charge in [-0.05, 0) is 18.8 Å². The molecule has 0 saturated heterocycles. The molecule has 0 spiro atoms. The van der Waals surface area contributed by atoms with E-state index in [0.29, 0.717) is 6.61 Å². The number of ether oxygens (including phenoxy) is 1. The van der Waals surface area contributed by atoms with Crippen LogP contribution in [0.15, 0.2) is 0 Å². The molecule has 0 fully saturated rings. The molecule has 0 heterocycles. The average Bonchev–Trinajstić information content (AvgIpc) is 2.20. The molecule has 86 valence electrons. The fourth-order valence-electron chi connectivity index (χ4n) is 1.52. The molecule has 0 aliphatic rings. The zero-order chi connectivity index (χ0) is 10.8. The lowest BCUT2D eigenvalue weighted by molar-refractivity contribution is 0.104. The molecule has 3 nitrogen and oxygen atoms in total. The molecule has 0 rings (SSSR count). The number of methoxy groups -OCH3 is 1. The van der Waals surface area contributed by atoms with Crippen molar-refractivity contribution in [2.45, 2.75) is 45.8 Å². The Morgan fingerprint density at radius 2 is 1.86 bits per heavy atom. The topological polar surface area (TPSA) is 41.5 Å². The SMILES string of the molecule is CCC(CC)CCC(O)NCCOC. The Bertz CT molecular complexity index is 116. The molecular weight excluding hydrogens is 178 g/mol. The van der Waals surface area contributed by atoms with Crippen molar-refractivity contribution < 1.29 is 9.84 Å². The zero-order valence-corrected chi connectivity index (χ0v) is 9.75. The third-order valence-corrected chi connectivity index (χ3v) is 2.69. The Balaban J connectivity index is 3.37. The summed E-state index contributed by atoms with van der Waals surface area (Å²) in [4.78, 5) is 0. The van der Waals surface area contributed by atoms with Gasteiger partial charge in [-0.2, -0.15) is 0 Å². The molecule has 1 atom stereocenters. The van der Waals surface area contributed by atoms with Gasteiger partial charge in [0.25, 0.3) is 0 Å². The Morgan fingerprint density at radius 1 is 1.21 bits per heavy atom. The highest BCUT2D eigenvalue weighted by atomic mass is 16.5. The van der Waals surface area contributed by atoms with E-state index in [1.807, 2.05) is 0 Å². The van der Waals surface area contributed by atoms with Crippen LogP contribution >= 0.6 is 0 Å². The Kier molecular flexibility index (Phi) is 9.35. The van der Waals surface area contributed by atoms with E-state index in [-0.39, 0.29) is 6.23 Å². The quantitative estimate of drug-likeness (QED) is 0.443. The van der Waals surface area contributed by atoms with Gasteiger partial charge in [-0.1, -0.05) is 26.7 Å². The van der Waals surface area contributed by atoms with Crippen LogP contribution in [0.2, 0.25) is 0 Å². The van der Waals surface area contributed by atoms with Crippen LogP contribution in [-0.2, 0) is 4.74 Å². The van der Waals surface area contributed by atoms with E-state index in [1.165, 1.54) is 12.8 Å². The first-order valence-electron chi connectivity index (χ1n) is 5.64. The number of hydrogen-bond donors (Lipinski definition) is 2. The largest absolute Gasteiger partial charge is 0.383 e. The van der Waals surface area contributed by atoms with Crippen LogP contribution in [0.4, 0.5) is 0 Å². The van der Waals surface area contributed by atoms with E-state index in [4.69, 9.17) is 4.74 Å². The highest BCUT2D eigenvalue weighted by molar-refractivity contribution is 4.59. The summed E-state index contributed by atoms with van der Waals surface area (Å²) < 4.78 is 4.89. The molecule has 0 bridgehead atoms. The van der Waals surface area contributed by atoms with Gasteiger partial charge in [0, 0.05) is 13.7 Å². The summed E-state index contributed by atoms with van der Waals surface area (Å²) in [5, 5.41) is 12.6.